The van der Waals surface area contributed by atoms with Crippen LogP contribution in [0.1, 0.15) is 29.0 Å². The van der Waals surface area contributed by atoms with Crippen LogP contribution in [0.15, 0.2) is 35.1 Å². The van der Waals surface area contributed by atoms with Crippen molar-refractivity contribution in [2.75, 3.05) is 18.4 Å². The predicted molar refractivity (Wildman–Crippen MR) is 86.9 cm³/mol. The van der Waals surface area contributed by atoms with Crippen LogP contribution in [0.25, 0.3) is 0 Å². The van der Waals surface area contributed by atoms with Crippen LogP contribution >= 0.6 is 0 Å². The molecule has 0 spiro atoms. The largest absolute Gasteiger partial charge is 0.469 e. The Labute approximate surface area is 138 Å². The molecule has 0 aromatic carbocycles. The summed E-state index contributed by atoms with van der Waals surface area (Å²) in [5.41, 5.74) is 0.548. The van der Waals surface area contributed by atoms with E-state index < -0.39 is 4.92 Å². The van der Waals surface area contributed by atoms with Gasteiger partial charge in [0.05, 0.1) is 16.7 Å². The van der Waals surface area contributed by atoms with Crippen molar-refractivity contribution in [2.24, 2.45) is 0 Å². The number of furan rings is 1. The van der Waals surface area contributed by atoms with Crippen molar-refractivity contribution >= 4 is 17.4 Å². The van der Waals surface area contributed by atoms with Gasteiger partial charge in [0.15, 0.2) is 0 Å². The molecule has 1 amide bonds. The lowest BCUT2D eigenvalue weighted by molar-refractivity contribution is -0.384. The van der Waals surface area contributed by atoms with E-state index in [1.165, 1.54) is 24.6 Å². The van der Waals surface area contributed by atoms with Gasteiger partial charge in [-0.15, -0.1) is 0 Å². The topological polar surface area (TPSA) is 102 Å². The van der Waals surface area contributed by atoms with E-state index in [-0.39, 0.29) is 23.5 Å². The zero-order chi connectivity index (χ0) is 17.1. The van der Waals surface area contributed by atoms with Gasteiger partial charge in [-0.05, 0) is 31.9 Å². The Hall–Kier alpha value is -2.90. The first-order valence-electron chi connectivity index (χ1n) is 7.75. The number of likely N-dealkylation sites (tertiary alicyclic amines) is 1. The van der Waals surface area contributed by atoms with Crippen LogP contribution < -0.4 is 5.32 Å². The molecule has 0 unspecified atom stereocenters. The van der Waals surface area contributed by atoms with Gasteiger partial charge in [-0.2, -0.15) is 0 Å². The molecule has 126 valence electrons. The molecule has 8 heteroatoms. The number of aryl methyl sites for hydroxylation is 1. The van der Waals surface area contributed by atoms with Gasteiger partial charge in [-0.3, -0.25) is 14.9 Å². The summed E-state index contributed by atoms with van der Waals surface area (Å²) in [5.74, 6) is 0.853. The van der Waals surface area contributed by atoms with Crippen molar-refractivity contribution in [3.8, 4) is 0 Å². The maximum atomic E-state index is 12.4. The zero-order valence-corrected chi connectivity index (χ0v) is 13.3. The number of pyridine rings is 1. The second-order valence-corrected chi connectivity index (χ2v) is 5.73. The zero-order valence-electron chi connectivity index (χ0n) is 13.3. The van der Waals surface area contributed by atoms with Crippen molar-refractivity contribution in [2.45, 2.75) is 25.8 Å². The van der Waals surface area contributed by atoms with Crippen molar-refractivity contribution in [1.29, 1.82) is 0 Å². The number of nitro groups is 1. The van der Waals surface area contributed by atoms with Crippen LogP contribution in [-0.4, -0.2) is 39.8 Å². The number of hydrogen-bond acceptors (Lipinski definition) is 6. The van der Waals surface area contributed by atoms with Crippen molar-refractivity contribution in [3.63, 3.8) is 0 Å². The van der Waals surface area contributed by atoms with Crippen LogP contribution in [-0.2, 0) is 0 Å². The first-order chi connectivity index (χ1) is 11.6. The van der Waals surface area contributed by atoms with Gasteiger partial charge in [0.1, 0.15) is 5.76 Å². The first-order valence-corrected chi connectivity index (χ1v) is 7.75. The highest BCUT2D eigenvalue weighted by Crippen LogP contribution is 2.24. The third kappa shape index (κ3) is 3.22. The molecule has 1 aliphatic rings. The summed E-state index contributed by atoms with van der Waals surface area (Å²) in [4.78, 5) is 28.9. The fourth-order valence-electron chi connectivity index (χ4n) is 2.85. The van der Waals surface area contributed by atoms with E-state index in [1.54, 1.807) is 17.9 Å². The molecule has 24 heavy (non-hydrogen) atoms. The third-order valence-electron chi connectivity index (χ3n) is 4.20. The Morgan fingerprint density at radius 1 is 1.42 bits per heavy atom. The van der Waals surface area contributed by atoms with Gasteiger partial charge in [-0.1, -0.05) is 0 Å². The number of carbonyl (C=O) groups is 1. The minimum Gasteiger partial charge on any atom is -0.469 e. The molecule has 1 N–H and O–H groups in total. The average Bonchev–Trinajstić information content (AvgIpc) is 3.01. The molecule has 0 bridgehead atoms. The molecule has 0 radical (unpaired) electrons. The Kier molecular flexibility index (Phi) is 4.45. The fourth-order valence-corrected chi connectivity index (χ4v) is 2.85. The molecule has 8 nitrogen and oxygen atoms in total. The summed E-state index contributed by atoms with van der Waals surface area (Å²) >= 11 is 0. The number of carbonyl (C=O) groups excluding carboxylic acids is 1. The van der Waals surface area contributed by atoms with E-state index in [0.717, 1.165) is 0 Å². The van der Waals surface area contributed by atoms with Gasteiger partial charge >= 0.3 is 5.69 Å². The van der Waals surface area contributed by atoms with Crippen LogP contribution in [0, 0.1) is 17.0 Å². The minimum absolute atomic E-state index is 0.0370. The van der Waals surface area contributed by atoms with E-state index in [2.05, 4.69) is 10.3 Å². The molecule has 1 fully saturated rings. The maximum absolute atomic E-state index is 12.4. The second kappa shape index (κ2) is 6.69. The summed E-state index contributed by atoms with van der Waals surface area (Å²) in [7, 11) is 0. The highest BCUT2D eigenvalue weighted by Gasteiger charge is 2.26. The van der Waals surface area contributed by atoms with E-state index in [4.69, 9.17) is 4.42 Å². The summed E-state index contributed by atoms with van der Waals surface area (Å²) in [6, 6.07) is 4.69. The number of piperidine rings is 1. The van der Waals surface area contributed by atoms with Gasteiger partial charge in [0, 0.05) is 31.4 Å². The highest BCUT2D eigenvalue weighted by molar-refractivity contribution is 5.95. The molecule has 2 aromatic rings. The van der Waals surface area contributed by atoms with Crippen LogP contribution in [0.5, 0.6) is 0 Å². The number of rotatable bonds is 4. The van der Waals surface area contributed by atoms with Crippen molar-refractivity contribution < 1.29 is 14.1 Å². The molecular weight excluding hydrogens is 312 g/mol. The van der Waals surface area contributed by atoms with E-state index in [1.807, 2.05) is 0 Å². The monoisotopic (exact) mass is 330 g/mol. The Morgan fingerprint density at radius 3 is 2.79 bits per heavy atom. The Morgan fingerprint density at radius 2 is 2.17 bits per heavy atom. The second-order valence-electron chi connectivity index (χ2n) is 5.73. The van der Waals surface area contributed by atoms with Crippen molar-refractivity contribution in [1.82, 2.24) is 9.88 Å². The van der Waals surface area contributed by atoms with Gasteiger partial charge in [-0.25, -0.2) is 4.98 Å². The SMILES string of the molecule is Cc1occc1C(=O)N1CCC(Nc2ncccc2[N+](=O)[O-])CC1. The lowest BCUT2D eigenvalue weighted by atomic mass is 10.0. The normalized spacial score (nSPS) is 15.3. The molecule has 3 rings (SSSR count). The summed E-state index contributed by atoms with van der Waals surface area (Å²) in [5, 5.41) is 14.2. The molecule has 2 aromatic heterocycles. The van der Waals surface area contributed by atoms with Crippen LogP contribution in [0.2, 0.25) is 0 Å². The molecule has 3 heterocycles. The van der Waals surface area contributed by atoms with E-state index in [9.17, 15) is 14.9 Å². The Bertz CT molecular complexity index is 750. The van der Waals surface area contributed by atoms with Crippen LogP contribution in [0.3, 0.4) is 0 Å². The number of hydrogen-bond donors (Lipinski definition) is 1. The highest BCUT2D eigenvalue weighted by atomic mass is 16.6. The van der Waals surface area contributed by atoms with Gasteiger partial charge < -0.3 is 14.6 Å². The predicted octanol–water partition coefficient (Wildman–Crippen LogP) is 2.61. The van der Waals surface area contributed by atoms with E-state index >= 15 is 0 Å². The molecule has 0 atom stereocenters. The average molecular weight is 330 g/mol. The third-order valence-corrected chi connectivity index (χ3v) is 4.20. The molecule has 0 saturated carbocycles. The quantitative estimate of drug-likeness (QED) is 0.683. The lowest BCUT2D eigenvalue weighted by Crippen LogP contribution is -2.42. The minimum atomic E-state index is -0.449. The summed E-state index contributed by atoms with van der Waals surface area (Å²) in [6.45, 7) is 2.94. The van der Waals surface area contributed by atoms with Gasteiger partial charge in [0.2, 0.25) is 5.82 Å². The number of nitrogens with one attached hydrogen (secondary N) is 1. The number of amides is 1. The summed E-state index contributed by atoms with van der Waals surface area (Å²) < 4.78 is 5.18. The lowest BCUT2D eigenvalue weighted by Gasteiger charge is -2.32. The summed E-state index contributed by atoms with van der Waals surface area (Å²) in [6.07, 6.45) is 4.44. The van der Waals surface area contributed by atoms with E-state index in [0.29, 0.717) is 37.3 Å². The Balaban J connectivity index is 1.61. The molecular formula is C16H18N4O4. The smallest absolute Gasteiger partial charge is 0.311 e. The number of anilines is 1. The number of nitrogens with zero attached hydrogens (tertiary/aromatic N) is 3. The standard InChI is InChI=1S/C16H18N4O4/c1-11-13(6-10-24-11)16(21)19-8-4-12(5-9-19)18-15-14(20(22)23)3-2-7-17-15/h2-3,6-7,10,12H,4-5,8-9H2,1H3,(H,17,18). The molecule has 1 saturated heterocycles. The van der Waals surface area contributed by atoms with Crippen molar-refractivity contribution in [3.05, 3.63) is 52.1 Å². The van der Waals surface area contributed by atoms with Crippen LogP contribution in [0.4, 0.5) is 11.5 Å². The number of aromatic nitrogens is 1. The molecule has 1 aliphatic heterocycles. The molecule has 0 aliphatic carbocycles. The van der Waals surface area contributed by atoms with Gasteiger partial charge in [0.25, 0.3) is 5.91 Å². The first kappa shape index (κ1) is 16.0. The fraction of sp³-hybridized carbons (Fsp3) is 0.375. The maximum Gasteiger partial charge on any atom is 0.311 e.